The van der Waals surface area contributed by atoms with Crippen molar-refractivity contribution in [2.45, 2.75) is 44.4 Å². The molecule has 0 bridgehead atoms. The van der Waals surface area contributed by atoms with Crippen molar-refractivity contribution in [1.29, 1.82) is 0 Å². The Morgan fingerprint density at radius 3 is 2.44 bits per heavy atom. The molecule has 0 aromatic heterocycles. The van der Waals surface area contributed by atoms with Crippen LogP contribution in [0.4, 0.5) is 0 Å². The van der Waals surface area contributed by atoms with E-state index in [2.05, 4.69) is 25.0 Å². The van der Waals surface area contributed by atoms with Gasteiger partial charge in [0.25, 0.3) is 0 Å². The first-order valence-corrected chi connectivity index (χ1v) is 8.70. The Morgan fingerprint density at radius 2 is 1.84 bits per heavy atom. The monoisotopic (exact) mass is 336 g/mol. The number of ether oxygens (including phenoxy) is 2. The molecule has 3 nitrogen and oxygen atoms in total. The summed E-state index contributed by atoms with van der Waals surface area (Å²) in [6.45, 7) is 2.24. The van der Waals surface area contributed by atoms with Gasteiger partial charge in [-0.1, -0.05) is 6.92 Å². The second-order valence-electron chi connectivity index (χ2n) is 7.01. The summed E-state index contributed by atoms with van der Waals surface area (Å²) in [5, 5.41) is 2.13. The van der Waals surface area contributed by atoms with Crippen LogP contribution in [0.2, 0.25) is 0 Å². The van der Waals surface area contributed by atoms with Crippen LogP contribution >= 0.6 is 0 Å². The number of benzene rings is 2. The van der Waals surface area contributed by atoms with Crippen molar-refractivity contribution in [3.63, 3.8) is 0 Å². The van der Waals surface area contributed by atoms with E-state index in [1.807, 2.05) is 12.1 Å². The number of carbonyl (C=O) groups is 1. The zero-order chi connectivity index (χ0) is 18.0. The quantitative estimate of drug-likeness (QED) is 0.598. The zero-order valence-electron chi connectivity index (χ0n) is 15.1. The van der Waals surface area contributed by atoms with Crippen LogP contribution in [-0.2, 0) is 16.6 Å². The van der Waals surface area contributed by atoms with Gasteiger partial charge < -0.3 is 9.47 Å². The fourth-order valence-electron chi connectivity index (χ4n) is 4.03. The predicted octanol–water partition coefficient (Wildman–Crippen LogP) is 4.43. The van der Waals surface area contributed by atoms with Crippen molar-refractivity contribution in [2.75, 3.05) is 14.2 Å². The zero-order valence-corrected chi connectivity index (χ0v) is 15.1. The molecule has 1 aliphatic carbocycles. The van der Waals surface area contributed by atoms with Gasteiger partial charge in [-0.3, -0.25) is 4.79 Å². The second-order valence-corrected chi connectivity index (χ2v) is 7.01. The molecule has 25 heavy (non-hydrogen) atoms. The van der Waals surface area contributed by atoms with Crippen LogP contribution in [0.3, 0.4) is 0 Å². The van der Waals surface area contributed by atoms with Crippen molar-refractivity contribution in [1.82, 2.24) is 0 Å². The minimum absolute atomic E-state index is 0.0393. The van der Waals surface area contributed by atoms with Gasteiger partial charge in [-0.15, -0.1) is 6.42 Å². The normalized spacial score (nSPS) is 19.1. The van der Waals surface area contributed by atoms with Crippen LogP contribution in [0.5, 0.6) is 11.5 Å². The molecular weight excluding hydrogens is 312 g/mol. The number of carbonyl (C=O) groups excluding carboxylic acids is 1. The summed E-state index contributed by atoms with van der Waals surface area (Å²) in [5.74, 6) is 3.81. The molecule has 130 valence electrons. The number of terminal acetylenes is 1. The lowest BCUT2D eigenvalue weighted by Gasteiger charge is -2.36. The van der Waals surface area contributed by atoms with Gasteiger partial charge in [0.1, 0.15) is 11.5 Å². The molecule has 1 aliphatic rings. The Bertz CT molecular complexity index is 860. The maximum Gasteiger partial charge on any atom is 0.205 e. The first-order valence-electron chi connectivity index (χ1n) is 8.70. The number of fused-ring (bicyclic) bond motifs is 2. The molecule has 0 amide bonds. The number of hydrogen-bond donors (Lipinski definition) is 0. The third kappa shape index (κ3) is 3.09. The lowest BCUT2D eigenvalue weighted by atomic mass is 9.68. The molecule has 0 spiro atoms. The average molecular weight is 336 g/mol. The van der Waals surface area contributed by atoms with E-state index in [4.69, 9.17) is 15.9 Å². The number of hydrogen-bond acceptors (Lipinski definition) is 3. The van der Waals surface area contributed by atoms with Gasteiger partial charge in [-0.25, -0.2) is 0 Å². The average Bonchev–Trinajstić information content (AvgIpc) is 2.64. The topological polar surface area (TPSA) is 35.5 Å². The van der Waals surface area contributed by atoms with E-state index in [1.165, 1.54) is 11.1 Å². The number of rotatable bonds is 5. The summed E-state index contributed by atoms with van der Waals surface area (Å²) in [4.78, 5) is 11.6. The highest BCUT2D eigenvalue weighted by Crippen LogP contribution is 2.45. The first-order chi connectivity index (χ1) is 12.0. The SMILES string of the molecule is C#CC(=O)CC[C@]1(C)CCCc2cc3c(OC)ccc(OC)c3cc21. The maximum atomic E-state index is 11.6. The van der Waals surface area contributed by atoms with E-state index in [-0.39, 0.29) is 11.2 Å². The number of Topliss-reactive ketones (excluding diaryl/α,β-unsaturated/α-hetero) is 1. The molecule has 0 N–H and O–H groups in total. The highest BCUT2D eigenvalue weighted by atomic mass is 16.5. The minimum atomic E-state index is -0.117. The van der Waals surface area contributed by atoms with Gasteiger partial charge in [-0.05, 0) is 72.4 Å². The summed E-state index contributed by atoms with van der Waals surface area (Å²) < 4.78 is 11.1. The number of ketones is 1. The van der Waals surface area contributed by atoms with Crippen molar-refractivity contribution in [3.8, 4) is 23.8 Å². The molecule has 2 aromatic carbocycles. The van der Waals surface area contributed by atoms with Gasteiger partial charge in [0.15, 0.2) is 0 Å². The third-order valence-corrected chi connectivity index (χ3v) is 5.49. The van der Waals surface area contributed by atoms with E-state index < -0.39 is 0 Å². The van der Waals surface area contributed by atoms with Crippen molar-refractivity contribution in [2.24, 2.45) is 0 Å². The molecule has 0 radical (unpaired) electrons. The Morgan fingerprint density at radius 1 is 1.20 bits per heavy atom. The van der Waals surface area contributed by atoms with E-state index >= 15 is 0 Å². The van der Waals surface area contributed by atoms with Gasteiger partial charge in [-0.2, -0.15) is 0 Å². The van der Waals surface area contributed by atoms with Crippen LogP contribution in [0, 0.1) is 12.3 Å². The molecule has 3 heteroatoms. The summed E-state index contributed by atoms with van der Waals surface area (Å²) in [6, 6.07) is 8.34. The van der Waals surface area contributed by atoms with E-state index in [0.717, 1.165) is 48.0 Å². The van der Waals surface area contributed by atoms with Crippen LogP contribution in [0.1, 0.15) is 43.7 Å². The standard InChI is InChI=1S/C22H24O3/c1-5-16(23)10-12-22(2)11-6-7-15-13-17-18(14-19(15)22)21(25-4)9-8-20(17)24-3/h1,8-9,13-14H,6-7,10-12H2,2-4H3/t22-/m0/s1. The molecule has 0 aliphatic heterocycles. The van der Waals surface area contributed by atoms with E-state index in [9.17, 15) is 4.79 Å². The molecule has 0 unspecified atom stereocenters. The molecular formula is C22H24O3. The Balaban J connectivity index is 2.14. The molecule has 1 atom stereocenters. The molecule has 0 fully saturated rings. The third-order valence-electron chi connectivity index (χ3n) is 5.49. The lowest BCUT2D eigenvalue weighted by Crippen LogP contribution is -2.28. The van der Waals surface area contributed by atoms with Crippen molar-refractivity contribution >= 4 is 16.6 Å². The van der Waals surface area contributed by atoms with Gasteiger partial charge >= 0.3 is 0 Å². The summed E-state index contributed by atoms with van der Waals surface area (Å²) in [6.07, 6.45) is 9.68. The molecule has 0 saturated carbocycles. The lowest BCUT2D eigenvalue weighted by molar-refractivity contribution is -0.114. The highest BCUT2D eigenvalue weighted by molar-refractivity contribution is 5.95. The Labute approximate surface area is 149 Å². The summed E-state index contributed by atoms with van der Waals surface area (Å²) in [5.41, 5.74) is 2.60. The highest BCUT2D eigenvalue weighted by Gasteiger charge is 2.33. The molecule has 3 rings (SSSR count). The Kier molecular flexibility index (Phi) is 4.72. The van der Waals surface area contributed by atoms with Crippen LogP contribution in [0.15, 0.2) is 24.3 Å². The van der Waals surface area contributed by atoms with Gasteiger partial charge in [0, 0.05) is 17.2 Å². The van der Waals surface area contributed by atoms with Crippen molar-refractivity contribution in [3.05, 3.63) is 35.4 Å². The first kappa shape index (κ1) is 17.4. The van der Waals surface area contributed by atoms with Crippen LogP contribution in [-0.4, -0.2) is 20.0 Å². The maximum absolute atomic E-state index is 11.6. The number of aryl methyl sites for hydroxylation is 1. The minimum Gasteiger partial charge on any atom is -0.496 e. The fourth-order valence-corrected chi connectivity index (χ4v) is 4.03. The van der Waals surface area contributed by atoms with E-state index in [0.29, 0.717) is 6.42 Å². The van der Waals surface area contributed by atoms with Crippen LogP contribution in [0.25, 0.3) is 10.8 Å². The van der Waals surface area contributed by atoms with Gasteiger partial charge in [0.2, 0.25) is 5.78 Å². The van der Waals surface area contributed by atoms with E-state index in [1.54, 1.807) is 14.2 Å². The molecule has 0 heterocycles. The number of methoxy groups -OCH3 is 2. The smallest absolute Gasteiger partial charge is 0.205 e. The largest absolute Gasteiger partial charge is 0.496 e. The fraction of sp³-hybridized carbons (Fsp3) is 0.409. The van der Waals surface area contributed by atoms with Gasteiger partial charge in [0.05, 0.1) is 14.2 Å². The van der Waals surface area contributed by atoms with Crippen LogP contribution < -0.4 is 9.47 Å². The summed E-state index contributed by atoms with van der Waals surface area (Å²) >= 11 is 0. The molecule has 2 aromatic rings. The van der Waals surface area contributed by atoms with Crippen molar-refractivity contribution < 1.29 is 14.3 Å². The Hall–Kier alpha value is -2.47. The predicted molar refractivity (Wildman–Crippen MR) is 100 cm³/mol. The molecule has 0 saturated heterocycles. The summed E-state index contributed by atoms with van der Waals surface area (Å²) in [7, 11) is 3.38. The second kappa shape index (κ2) is 6.80.